The van der Waals surface area contributed by atoms with Crippen molar-refractivity contribution in [2.75, 3.05) is 0 Å². The molecule has 4 amide bonds. The van der Waals surface area contributed by atoms with Gasteiger partial charge in [-0.3, -0.25) is 5.32 Å². The predicted octanol–water partition coefficient (Wildman–Crippen LogP) is -0.645. The summed E-state index contributed by atoms with van der Waals surface area (Å²) in [6.07, 6.45) is -0.272. The van der Waals surface area contributed by atoms with Crippen LogP contribution in [0.1, 0.15) is 6.92 Å². The van der Waals surface area contributed by atoms with Crippen molar-refractivity contribution in [3.05, 3.63) is 0 Å². The zero-order valence-corrected chi connectivity index (χ0v) is 4.89. The molecule has 0 unspecified atom stereocenters. The summed E-state index contributed by atoms with van der Waals surface area (Å²) >= 11 is 0. The Morgan fingerprint density at radius 1 is 1.22 bits per heavy atom. The molecule has 1 fully saturated rings. The molecule has 0 spiro atoms. The fraction of sp³-hybridized carbons (Fsp3) is 0.500. The van der Waals surface area contributed by atoms with Crippen molar-refractivity contribution in [3.63, 3.8) is 0 Å². The third-order valence-electron chi connectivity index (χ3n) is 0.922. The molecule has 0 aromatic carbocycles. The number of hydrogen-bond donors (Lipinski definition) is 3. The summed E-state index contributed by atoms with van der Waals surface area (Å²) in [5.74, 6) is 0. The SMILES string of the molecule is CC1NC(=O)NC(=O)N1. The molecule has 0 saturated carbocycles. The standard InChI is InChI=1S/C4H7N3O2/c1-2-5-3(8)7-4(9)6-2/h2H,1H3,(H3,5,6,7,8,9). The highest BCUT2D eigenvalue weighted by Crippen LogP contribution is 1.81. The van der Waals surface area contributed by atoms with Crippen LogP contribution < -0.4 is 16.0 Å². The highest BCUT2D eigenvalue weighted by atomic mass is 16.2. The van der Waals surface area contributed by atoms with Crippen molar-refractivity contribution in [2.45, 2.75) is 13.1 Å². The molecule has 0 atom stereocenters. The first kappa shape index (κ1) is 5.87. The molecule has 5 heteroatoms. The molecular weight excluding hydrogens is 122 g/mol. The van der Waals surface area contributed by atoms with E-state index in [4.69, 9.17) is 0 Å². The molecule has 1 saturated heterocycles. The largest absolute Gasteiger partial charge is 0.324 e. The second-order valence-electron chi connectivity index (χ2n) is 1.79. The Morgan fingerprint density at radius 2 is 1.67 bits per heavy atom. The second-order valence-corrected chi connectivity index (χ2v) is 1.79. The summed E-state index contributed by atoms with van der Waals surface area (Å²) in [4.78, 5) is 20.8. The highest BCUT2D eigenvalue weighted by molar-refractivity contribution is 5.95. The number of imide groups is 1. The van der Waals surface area contributed by atoms with E-state index in [0.717, 1.165) is 0 Å². The van der Waals surface area contributed by atoms with Gasteiger partial charge in [-0.1, -0.05) is 0 Å². The topological polar surface area (TPSA) is 70.2 Å². The van der Waals surface area contributed by atoms with Gasteiger partial charge in [0.2, 0.25) is 0 Å². The van der Waals surface area contributed by atoms with Crippen LogP contribution in [-0.2, 0) is 0 Å². The molecule has 1 heterocycles. The van der Waals surface area contributed by atoms with Crippen LogP contribution in [0.25, 0.3) is 0 Å². The van der Waals surface area contributed by atoms with Crippen LogP contribution in [0.2, 0.25) is 0 Å². The second kappa shape index (κ2) is 1.93. The molecule has 1 aliphatic rings. The van der Waals surface area contributed by atoms with Crippen molar-refractivity contribution < 1.29 is 9.59 Å². The highest BCUT2D eigenvalue weighted by Gasteiger charge is 2.17. The van der Waals surface area contributed by atoms with Crippen LogP contribution in [0, 0.1) is 0 Å². The van der Waals surface area contributed by atoms with Gasteiger partial charge in [0, 0.05) is 0 Å². The van der Waals surface area contributed by atoms with E-state index in [-0.39, 0.29) is 6.17 Å². The summed E-state index contributed by atoms with van der Waals surface area (Å²) < 4.78 is 0. The van der Waals surface area contributed by atoms with Crippen LogP contribution in [0.4, 0.5) is 9.59 Å². The van der Waals surface area contributed by atoms with Crippen LogP contribution in [0.15, 0.2) is 0 Å². The van der Waals surface area contributed by atoms with E-state index < -0.39 is 12.1 Å². The molecule has 50 valence electrons. The van der Waals surface area contributed by atoms with E-state index in [2.05, 4.69) is 10.6 Å². The third-order valence-corrected chi connectivity index (χ3v) is 0.922. The number of amides is 4. The summed E-state index contributed by atoms with van der Waals surface area (Å²) in [7, 11) is 0. The Bertz CT molecular complexity index is 140. The zero-order chi connectivity index (χ0) is 6.85. The Labute approximate surface area is 51.8 Å². The Hall–Kier alpha value is -1.26. The van der Waals surface area contributed by atoms with Crippen LogP contribution in [-0.4, -0.2) is 18.2 Å². The van der Waals surface area contributed by atoms with E-state index in [0.29, 0.717) is 0 Å². The molecule has 5 nitrogen and oxygen atoms in total. The molecule has 0 aromatic rings. The number of hydrogen-bond acceptors (Lipinski definition) is 2. The van der Waals surface area contributed by atoms with Gasteiger partial charge in [-0.05, 0) is 6.92 Å². The van der Waals surface area contributed by atoms with E-state index in [1.165, 1.54) is 0 Å². The normalized spacial score (nSPS) is 20.1. The maximum absolute atomic E-state index is 10.4. The molecule has 1 aliphatic heterocycles. The summed E-state index contributed by atoms with van der Waals surface area (Å²) in [6, 6.07) is -0.905. The van der Waals surface area contributed by atoms with Crippen molar-refractivity contribution in [3.8, 4) is 0 Å². The summed E-state index contributed by atoms with van der Waals surface area (Å²) in [5.41, 5.74) is 0. The maximum atomic E-state index is 10.4. The van der Waals surface area contributed by atoms with Gasteiger partial charge in [0.1, 0.15) is 6.17 Å². The average molecular weight is 129 g/mol. The molecule has 3 N–H and O–H groups in total. The Morgan fingerprint density at radius 3 is 2.00 bits per heavy atom. The van der Waals surface area contributed by atoms with Gasteiger partial charge in [-0.25, -0.2) is 9.59 Å². The van der Waals surface area contributed by atoms with E-state index >= 15 is 0 Å². The fourth-order valence-corrected chi connectivity index (χ4v) is 0.605. The lowest BCUT2D eigenvalue weighted by atomic mass is 10.5. The number of nitrogens with one attached hydrogen (secondary N) is 3. The monoisotopic (exact) mass is 129 g/mol. The molecule has 0 bridgehead atoms. The molecule has 0 aliphatic carbocycles. The summed E-state index contributed by atoms with van der Waals surface area (Å²) in [5, 5.41) is 6.86. The van der Waals surface area contributed by atoms with Crippen LogP contribution >= 0.6 is 0 Å². The van der Waals surface area contributed by atoms with Crippen LogP contribution in [0.3, 0.4) is 0 Å². The third kappa shape index (κ3) is 1.31. The minimum Gasteiger partial charge on any atom is -0.318 e. The minimum atomic E-state index is -0.453. The summed E-state index contributed by atoms with van der Waals surface area (Å²) in [6.45, 7) is 1.68. The zero-order valence-electron chi connectivity index (χ0n) is 4.89. The number of rotatable bonds is 0. The van der Waals surface area contributed by atoms with Crippen molar-refractivity contribution >= 4 is 12.1 Å². The van der Waals surface area contributed by atoms with Gasteiger partial charge >= 0.3 is 12.1 Å². The van der Waals surface area contributed by atoms with E-state index in [1.807, 2.05) is 5.32 Å². The van der Waals surface area contributed by atoms with Gasteiger partial charge in [0.05, 0.1) is 0 Å². The molecule has 0 aromatic heterocycles. The molecule has 1 rings (SSSR count). The van der Waals surface area contributed by atoms with Gasteiger partial charge in [-0.2, -0.15) is 0 Å². The first-order chi connectivity index (χ1) is 4.18. The van der Waals surface area contributed by atoms with Gasteiger partial charge in [-0.15, -0.1) is 0 Å². The smallest absolute Gasteiger partial charge is 0.318 e. The van der Waals surface area contributed by atoms with E-state index in [9.17, 15) is 9.59 Å². The van der Waals surface area contributed by atoms with Crippen LogP contribution in [0.5, 0.6) is 0 Å². The molecule has 0 radical (unpaired) electrons. The molecular formula is C4H7N3O2. The number of carbonyl (C=O) groups excluding carboxylic acids is 2. The van der Waals surface area contributed by atoms with Crippen molar-refractivity contribution in [1.29, 1.82) is 0 Å². The first-order valence-electron chi connectivity index (χ1n) is 2.56. The Balaban J connectivity index is 2.53. The van der Waals surface area contributed by atoms with Crippen molar-refractivity contribution in [2.24, 2.45) is 0 Å². The van der Waals surface area contributed by atoms with Gasteiger partial charge < -0.3 is 10.6 Å². The lowest BCUT2D eigenvalue weighted by molar-refractivity contribution is 0.211. The Kier molecular flexibility index (Phi) is 1.26. The predicted molar refractivity (Wildman–Crippen MR) is 29.7 cm³/mol. The fourth-order valence-electron chi connectivity index (χ4n) is 0.605. The van der Waals surface area contributed by atoms with Gasteiger partial charge in [0.15, 0.2) is 0 Å². The van der Waals surface area contributed by atoms with Gasteiger partial charge in [0.25, 0.3) is 0 Å². The lowest BCUT2D eigenvalue weighted by Gasteiger charge is -2.20. The number of urea groups is 2. The maximum Gasteiger partial charge on any atom is 0.324 e. The minimum absolute atomic E-state index is 0.272. The quantitative estimate of drug-likeness (QED) is 0.407. The first-order valence-corrected chi connectivity index (χ1v) is 2.56. The lowest BCUT2D eigenvalue weighted by Crippen LogP contribution is -2.60. The van der Waals surface area contributed by atoms with Crippen molar-refractivity contribution in [1.82, 2.24) is 16.0 Å². The number of carbonyl (C=O) groups is 2. The average Bonchev–Trinajstić information content (AvgIpc) is 1.59. The van der Waals surface area contributed by atoms with E-state index in [1.54, 1.807) is 6.92 Å². The molecule has 9 heavy (non-hydrogen) atoms.